The van der Waals surface area contributed by atoms with Gasteiger partial charge in [0.15, 0.2) is 5.69 Å². The third kappa shape index (κ3) is 5.94. The van der Waals surface area contributed by atoms with Crippen LogP contribution >= 0.6 is 23.2 Å². The number of carbonyl (C=O) groups excluding carboxylic acids is 1. The second-order valence-electron chi connectivity index (χ2n) is 7.80. The van der Waals surface area contributed by atoms with Crippen LogP contribution in [0.3, 0.4) is 0 Å². The van der Waals surface area contributed by atoms with Crippen LogP contribution < -0.4 is 21.9 Å². The molecule has 0 radical (unpaired) electrons. The average Bonchev–Trinajstić information content (AvgIpc) is 2.72. The molecule has 0 aliphatic heterocycles. The van der Waals surface area contributed by atoms with Gasteiger partial charge in [0.2, 0.25) is 5.91 Å². The minimum absolute atomic E-state index is 0.00139. The number of nitrogen functional groups attached to an aromatic ring is 1. The molecule has 8 nitrogen and oxygen atoms in total. The van der Waals surface area contributed by atoms with Crippen molar-refractivity contribution in [3.63, 3.8) is 0 Å². The topological polar surface area (TPSA) is 104 Å². The van der Waals surface area contributed by atoms with Crippen molar-refractivity contribution in [3.05, 3.63) is 54.6 Å². The fourth-order valence-corrected chi connectivity index (χ4v) is 4.04. The van der Waals surface area contributed by atoms with Crippen LogP contribution in [0.2, 0.25) is 10.0 Å². The molecule has 0 saturated carbocycles. The maximum Gasteiger partial charge on any atom is 0.330 e. The standard InChI is InChI=1S/C22H31Cl2N5O3/c1-5-7-11-28(19-20(25)29(10-6-2)22(32)26-21(19)31)18(30)13-27(4)14(3)16-9-8-15(23)12-17(16)24/h8-9,12,14H,5-7,10-11,13,25H2,1-4H3,(H,26,31,32). The highest BCUT2D eigenvalue weighted by atomic mass is 35.5. The van der Waals surface area contributed by atoms with Crippen molar-refractivity contribution in [2.75, 3.05) is 30.8 Å². The van der Waals surface area contributed by atoms with Crippen LogP contribution in [-0.4, -0.2) is 40.5 Å². The molecule has 1 amide bonds. The molecule has 0 spiro atoms. The summed E-state index contributed by atoms with van der Waals surface area (Å²) in [6, 6.07) is 5.06. The van der Waals surface area contributed by atoms with Crippen molar-refractivity contribution in [1.29, 1.82) is 0 Å². The smallest absolute Gasteiger partial charge is 0.330 e. The Labute approximate surface area is 197 Å². The van der Waals surface area contributed by atoms with E-state index in [2.05, 4.69) is 4.98 Å². The lowest BCUT2D eigenvalue weighted by Gasteiger charge is -2.29. The lowest BCUT2D eigenvalue weighted by atomic mass is 10.1. The lowest BCUT2D eigenvalue weighted by molar-refractivity contribution is -0.119. The van der Waals surface area contributed by atoms with Gasteiger partial charge in [0, 0.05) is 29.2 Å². The highest BCUT2D eigenvalue weighted by molar-refractivity contribution is 6.35. The molecule has 1 atom stereocenters. The van der Waals surface area contributed by atoms with Crippen molar-refractivity contribution in [2.45, 2.75) is 52.6 Å². The van der Waals surface area contributed by atoms with Crippen LogP contribution in [0.1, 0.15) is 51.6 Å². The van der Waals surface area contributed by atoms with E-state index < -0.39 is 11.2 Å². The van der Waals surface area contributed by atoms with E-state index in [-0.39, 0.29) is 30.0 Å². The summed E-state index contributed by atoms with van der Waals surface area (Å²) in [6.45, 7) is 6.50. The Balaban J connectivity index is 2.37. The minimum Gasteiger partial charge on any atom is -0.383 e. The third-order valence-corrected chi connectivity index (χ3v) is 5.99. The van der Waals surface area contributed by atoms with Gasteiger partial charge in [0.1, 0.15) is 5.82 Å². The van der Waals surface area contributed by atoms with E-state index in [9.17, 15) is 14.4 Å². The normalized spacial score (nSPS) is 12.2. The van der Waals surface area contributed by atoms with Gasteiger partial charge in [-0.25, -0.2) is 4.79 Å². The highest BCUT2D eigenvalue weighted by Gasteiger charge is 2.26. The first-order chi connectivity index (χ1) is 15.1. The van der Waals surface area contributed by atoms with Gasteiger partial charge in [-0.15, -0.1) is 0 Å². The van der Waals surface area contributed by atoms with Gasteiger partial charge in [-0.3, -0.25) is 24.0 Å². The number of unbranched alkanes of at least 4 members (excludes halogenated alkanes) is 1. The maximum atomic E-state index is 13.3. The van der Waals surface area contributed by atoms with Crippen LogP contribution in [0.15, 0.2) is 27.8 Å². The number of nitrogens with two attached hydrogens (primary N) is 1. The number of benzene rings is 1. The van der Waals surface area contributed by atoms with Crippen LogP contribution in [0.25, 0.3) is 0 Å². The van der Waals surface area contributed by atoms with Gasteiger partial charge in [0.05, 0.1) is 6.54 Å². The third-order valence-electron chi connectivity index (χ3n) is 5.43. The molecule has 0 aliphatic carbocycles. The minimum atomic E-state index is -0.666. The number of carbonyl (C=O) groups is 1. The highest BCUT2D eigenvalue weighted by Crippen LogP contribution is 2.29. The van der Waals surface area contributed by atoms with E-state index in [0.717, 1.165) is 12.0 Å². The van der Waals surface area contributed by atoms with Crippen LogP contribution in [-0.2, 0) is 11.3 Å². The largest absolute Gasteiger partial charge is 0.383 e. The summed E-state index contributed by atoms with van der Waals surface area (Å²) in [4.78, 5) is 43.7. The summed E-state index contributed by atoms with van der Waals surface area (Å²) in [5.74, 6) is -0.293. The van der Waals surface area contributed by atoms with E-state index in [0.29, 0.717) is 36.0 Å². The molecule has 0 saturated heterocycles. The van der Waals surface area contributed by atoms with Crippen LogP contribution in [0, 0.1) is 0 Å². The number of halogens is 2. The molecule has 3 N–H and O–H groups in total. The summed E-state index contributed by atoms with van der Waals surface area (Å²) in [5.41, 5.74) is 5.81. The zero-order chi connectivity index (χ0) is 24.0. The molecular weight excluding hydrogens is 453 g/mol. The monoisotopic (exact) mass is 483 g/mol. The molecule has 10 heteroatoms. The molecule has 1 unspecified atom stereocenters. The van der Waals surface area contributed by atoms with Crippen LogP contribution in [0.5, 0.6) is 0 Å². The van der Waals surface area contributed by atoms with Gasteiger partial charge in [0.25, 0.3) is 5.56 Å². The lowest BCUT2D eigenvalue weighted by Crippen LogP contribution is -2.45. The fourth-order valence-electron chi connectivity index (χ4n) is 3.47. The number of aromatic amines is 1. The summed E-state index contributed by atoms with van der Waals surface area (Å²) < 4.78 is 1.29. The molecule has 1 heterocycles. The summed E-state index contributed by atoms with van der Waals surface area (Å²) in [6.07, 6.45) is 2.16. The number of hydrogen-bond acceptors (Lipinski definition) is 5. The number of hydrogen-bond donors (Lipinski definition) is 2. The zero-order valence-electron chi connectivity index (χ0n) is 19.0. The molecule has 1 aromatic heterocycles. The van der Waals surface area contributed by atoms with Gasteiger partial charge in [-0.1, -0.05) is 49.5 Å². The molecule has 2 rings (SSSR count). The van der Waals surface area contributed by atoms with Gasteiger partial charge < -0.3 is 10.6 Å². The molecule has 176 valence electrons. The van der Waals surface area contributed by atoms with Crippen molar-refractivity contribution in [3.8, 4) is 0 Å². The number of amides is 1. The molecule has 32 heavy (non-hydrogen) atoms. The first-order valence-electron chi connectivity index (χ1n) is 10.7. The number of H-pyrrole nitrogens is 1. The predicted molar refractivity (Wildman–Crippen MR) is 131 cm³/mol. The molecule has 0 aliphatic rings. The Morgan fingerprint density at radius 2 is 1.91 bits per heavy atom. The molecule has 0 bridgehead atoms. The number of nitrogens with one attached hydrogen (secondary N) is 1. The van der Waals surface area contributed by atoms with E-state index in [1.165, 1.54) is 9.47 Å². The Bertz CT molecular complexity index is 1070. The molecule has 0 fully saturated rings. The van der Waals surface area contributed by atoms with Crippen LogP contribution in [0.4, 0.5) is 11.5 Å². The number of likely N-dealkylation sites (N-methyl/N-ethyl adjacent to an activating group) is 1. The molecular formula is C22H31Cl2N5O3. The quantitative estimate of drug-likeness (QED) is 0.536. The predicted octanol–water partition coefficient (Wildman–Crippen LogP) is 3.66. The molecule has 1 aromatic carbocycles. The van der Waals surface area contributed by atoms with Gasteiger partial charge >= 0.3 is 5.69 Å². The summed E-state index contributed by atoms with van der Waals surface area (Å²) in [7, 11) is 1.80. The second kappa shape index (κ2) is 11.5. The average molecular weight is 484 g/mol. The number of nitrogens with zero attached hydrogens (tertiary/aromatic N) is 3. The van der Waals surface area contributed by atoms with Gasteiger partial charge in [-0.05, 0) is 44.5 Å². The Morgan fingerprint density at radius 3 is 2.50 bits per heavy atom. The van der Waals surface area contributed by atoms with Gasteiger partial charge in [-0.2, -0.15) is 0 Å². The van der Waals surface area contributed by atoms with E-state index in [1.807, 2.05) is 31.7 Å². The van der Waals surface area contributed by atoms with Crippen molar-refractivity contribution >= 4 is 40.6 Å². The van der Waals surface area contributed by atoms with E-state index in [4.69, 9.17) is 28.9 Å². The Morgan fingerprint density at radius 1 is 1.22 bits per heavy atom. The number of aromatic nitrogens is 2. The first-order valence-corrected chi connectivity index (χ1v) is 11.5. The SMILES string of the molecule is CCCCN(C(=O)CN(C)C(C)c1ccc(Cl)cc1Cl)c1c(N)n(CCC)c(=O)[nH]c1=O. The van der Waals surface area contributed by atoms with E-state index in [1.54, 1.807) is 19.2 Å². The van der Waals surface area contributed by atoms with Crippen molar-refractivity contribution in [2.24, 2.45) is 0 Å². The molecule has 2 aromatic rings. The number of anilines is 2. The summed E-state index contributed by atoms with van der Waals surface area (Å²) >= 11 is 12.3. The van der Waals surface area contributed by atoms with E-state index >= 15 is 0 Å². The fraction of sp³-hybridized carbons (Fsp3) is 0.500. The number of rotatable bonds is 10. The van der Waals surface area contributed by atoms with Crippen molar-refractivity contribution < 1.29 is 4.79 Å². The Kier molecular flexibility index (Phi) is 9.36. The maximum absolute atomic E-state index is 13.3. The Hall–Kier alpha value is -2.29. The second-order valence-corrected chi connectivity index (χ2v) is 8.64. The zero-order valence-corrected chi connectivity index (χ0v) is 20.5. The summed E-state index contributed by atoms with van der Waals surface area (Å²) in [5, 5.41) is 1.05. The van der Waals surface area contributed by atoms with Crippen molar-refractivity contribution in [1.82, 2.24) is 14.5 Å². The first kappa shape index (κ1) is 26.0.